The van der Waals surface area contributed by atoms with E-state index in [9.17, 15) is 9.59 Å². The number of Topliss-reactive ketones (excluding diaryl/α,β-unsaturated/α-hetero) is 1. The zero-order valence-corrected chi connectivity index (χ0v) is 12.2. The number of piperidine rings is 1. The topological polar surface area (TPSA) is 70.2 Å². The van der Waals surface area contributed by atoms with Gasteiger partial charge in [0.25, 0.3) is 0 Å². The van der Waals surface area contributed by atoms with Crippen LogP contribution >= 0.6 is 0 Å². The largest absolute Gasteiger partial charge is 0.355 e. The van der Waals surface area contributed by atoms with Crippen LogP contribution in [0.15, 0.2) is 30.3 Å². The van der Waals surface area contributed by atoms with E-state index >= 15 is 0 Å². The summed E-state index contributed by atoms with van der Waals surface area (Å²) in [5, 5.41) is 9.23. The van der Waals surface area contributed by atoms with Crippen molar-refractivity contribution in [2.75, 3.05) is 32.7 Å². The lowest BCUT2D eigenvalue weighted by Crippen LogP contribution is -2.40. The quantitative estimate of drug-likeness (QED) is 0.507. The molecule has 0 saturated carbocycles. The molecule has 1 fully saturated rings. The van der Waals surface area contributed by atoms with Gasteiger partial charge in [0.05, 0.1) is 6.54 Å². The lowest BCUT2D eigenvalue weighted by molar-refractivity contribution is -0.125. The van der Waals surface area contributed by atoms with Gasteiger partial charge in [0.1, 0.15) is 0 Å². The Hall–Kier alpha value is -1.72. The van der Waals surface area contributed by atoms with Crippen LogP contribution in [0.5, 0.6) is 0 Å². The minimum absolute atomic E-state index is 0.0697. The Morgan fingerprint density at radius 2 is 1.81 bits per heavy atom. The molecule has 114 valence electrons. The van der Waals surface area contributed by atoms with Crippen molar-refractivity contribution in [3.63, 3.8) is 0 Å². The van der Waals surface area contributed by atoms with E-state index in [1.807, 2.05) is 30.3 Å². The summed E-state index contributed by atoms with van der Waals surface area (Å²) >= 11 is 0. The van der Waals surface area contributed by atoms with E-state index in [4.69, 9.17) is 0 Å². The molecule has 1 saturated heterocycles. The summed E-state index contributed by atoms with van der Waals surface area (Å²) in [5.74, 6) is 0.338. The standard InChI is InChI=1S/C16H23N3O2/c20-15(13-4-2-1-3-5-13)12-18-10-11-19-16(21)14-6-8-17-9-7-14/h1-5,14,17-18H,6-12H2,(H,19,21). The summed E-state index contributed by atoms with van der Waals surface area (Å²) in [6.45, 7) is 3.30. The highest BCUT2D eigenvalue weighted by atomic mass is 16.2. The van der Waals surface area contributed by atoms with Gasteiger partial charge >= 0.3 is 0 Å². The molecule has 5 nitrogen and oxygen atoms in total. The second kappa shape index (κ2) is 8.54. The zero-order chi connectivity index (χ0) is 14.9. The second-order valence-electron chi connectivity index (χ2n) is 5.28. The molecule has 0 bridgehead atoms. The van der Waals surface area contributed by atoms with Gasteiger partial charge in [-0.25, -0.2) is 0 Å². The van der Waals surface area contributed by atoms with Crippen LogP contribution in [0.4, 0.5) is 0 Å². The molecule has 5 heteroatoms. The Kier molecular flexibility index (Phi) is 6.37. The summed E-state index contributed by atoms with van der Waals surface area (Å²) < 4.78 is 0. The molecular formula is C16H23N3O2. The highest BCUT2D eigenvalue weighted by Gasteiger charge is 2.19. The molecular weight excluding hydrogens is 266 g/mol. The Balaban J connectivity index is 1.57. The summed E-state index contributed by atoms with van der Waals surface area (Å²) in [7, 11) is 0. The summed E-state index contributed by atoms with van der Waals surface area (Å²) in [5.41, 5.74) is 0.712. The molecule has 0 aliphatic carbocycles. The fraction of sp³-hybridized carbons (Fsp3) is 0.500. The van der Waals surface area contributed by atoms with E-state index in [-0.39, 0.29) is 17.6 Å². The van der Waals surface area contributed by atoms with Crippen molar-refractivity contribution in [3.05, 3.63) is 35.9 Å². The number of benzene rings is 1. The average Bonchev–Trinajstić information content (AvgIpc) is 2.55. The number of amides is 1. The van der Waals surface area contributed by atoms with Gasteiger partial charge < -0.3 is 16.0 Å². The molecule has 1 heterocycles. The maximum Gasteiger partial charge on any atom is 0.223 e. The number of rotatable bonds is 7. The van der Waals surface area contributed by atoms with E-state index in [1.54, 1.807) is 0 Å². The van der Waals surface area contributed by atoms with Gasteiger partial charge in [0, 0.05) is 24.6 Å². The highest BCUT2D eigenvalue weighted by Crippen LogP contribution is 2.10. The van der Waals surface area contributed by atoms with Crippen molar-refractivity contribution in [3.8, 4) is 0 Å². The van der Waals surface area contributed by atoms with Crippen LogP contribution in [0.2, 0.25) is 0 Å². The van der Waals surface area contributed by atoms with Crippen molar-refractivity contribution in [1.29, 1.82) is 0 Å². The first-order chi connectivity index (χ1) is 10.3. The monoisotopic (exact) mass is 289 g/mol. The first-order valence-electron chi connectivity index (χ1n) is 7.55. The summed E-state index contributed by atoms with van der Waals surface area (Å²) in [6, 6.07) is 9.21. The van der Waals surface area contributed by atoms with Gasteiger partial charge in [-0.2, -0.15) is 0 Å². The Bertz CT molecular complexity index is 456. The molecule has 0 aromatic heterocycles. The van der Waals surface area contributed by atoms with Crippen molar-refractivity contribution in [2.45, 2.75) is 12.8 Å². The van der Waals surface area contributed by atoms with Gasteiger partial charge in [-0.05, 0) is 25.9 Å². The van der Waals surface area contributed by atoms with Crippen LogP contribution in [0.1, 0.15) is 23.2 Å². The number of ketones is 1. The SMILES string of the molecule is O=C(CNCCNC(=O)C1CCNCC1)c1ccccc1. The molecule has 0 spiro atoms. The van der Waals surface area contributed by atoms with Gasteiger partial charge in [-0.1, -0.05) is 30.3 Å². The van der Waals surface area contributed by atoms with Crippen molar-refractivity contribution in [2.24, 2.45) is 5.92 Å². The Morgan fingerprint density at radius 1 is 1.10 bits per heavy atom. The third-order valence-electron chi connectivity index (χ3n) is 3.69. The normalized spacial score (nSPS) is 15.6. The van der Waals surface area contributed by atoms with Crippen LogP contribution < -0.4 is 16.0 Å². The highest BCUT2D eigenvalue weighted by molar-refractivity contribution is 5.97. The molecule has 3 N–H and O–H groups in total. The van der Waals surface area contributed by atoms with Gasteiger partial charge in [-0.15, -0.1) is 0 Å². The smallest absolute Gasteiger partial charge is 0.223 e. The Labute approximate surface area is 125 Å². The number of carbonyl (C=O) groups is 2. The van der Waals surface area contributed by atoms with Gasteiger partial charge in [0.2, 0.25) is 5.91 Å². The molecule has 2 rings (SSSR count). The first kappa shape index (κ1) is 15.7. The molecule has 1 aromatic carbocycles. The molecule has 21 heavy (non-hydrogen) atoms. The number of hydrogen-bond donors (Lipinski definition) is 3. The fourth-order valence-corrected chi connectivity index (χ4v) is 2.43. The van der Waals surface area contributed by atoms with Crippen molar-refractivity contribution >= 4 is 11.7 Å². The zero-order valence-electron chi connectivity index (χ0n) is 12.2. The molecule has 0 unspecified atom stereocenters. The summed E-state index contributed by atoms with van der Waals surface area (Å²) in [6.07, 6.45) is 1.82. The lowest BCUT2D eigenvalue weighted by atomic mass is 9.97. The van der Waals surface area contributed by atoms with Crippen molar-refractivity contribution in [1.82, 2.24) is 16.0 Å². The van der Waals surface area contributed by atoms with E-state index in [0.29, 0.717) is 25.2 Å². The van der Waals surface area contributed by atoms with Crippen LogP contribution in [-0.4, -0.2) is 44.4 Å². The van der Waals surface area contributed by atoms with Crippen LogP contribution in [0.3, 0.4) is 0 Å². The third-order valence-corrected chi connectivity index (χ3v) is 3.69. The second-order valence-corrected chi connectivity index (χ2v) is 5.28. The van der Waals surface area contributed by atoms with E-state index < -0.39 is 0 Å². The molecule has 0 atom stereocenters. The van der Waals surface area contributed by atoms with Gasteiger partial charge in [-0.3, -0.25) is 9.59 Å². The molecule has 1 aliphatic rings. The van der Waals surface area contributed by atoms with Crippen LogP contribution in [0.25, 0.3) is 0 Å². The lowest BCUT2D eigenvalue weighted by Gasteiger charge is -2.21. The minimum Gasteiger partial charge on any atom is -0.355 e. The maximum absolute atomic E-state index is 11.9. The number of nitrogens with one attached hydrogen (secondary N) is 3. The average molecular weight is 289 g/mol. The summed E-state index contributed by atoms with van der Waals surface area (Å²) in [4.78, 5) is 23.7. The van der Waals surface area contributed by atoms with Crippen LogP contribution in [-0.2, 0) is 4.79 Å². The van der Waals surface area contributed by atoms with E-state index in [2.05, 4.69) is 16.0 Å². The maximum atomic E-state index is 11.9. The minimum atomic E-state index is 0.0697. The molecule has 1 amide bonds. The Morgan fingerprint density at radius 3 is 2.52 bits per heavy atom. The third kappa shape index (κ3) is 5.28. The predicted molar refractivity (Wildman–Crippen MR) is 82.2 cm³/mol. The fourth-order valence-electron chi connectivity index (χ4n) is 2.43. The van der Waals surface area contributed by atoms with E-state index in [1.165, 1.54) is 0 Å². The van der Waals surface area contributed by atoms with Crippen molar-refractivity contribution < 1.29 is 9.59 Å². The number of carbonyl (C=O) groups excluding carboxylic acids is 2. The molecule has 1 aliphatic heterocycles. The van der Waals surface area contributed by atoms with E-state index in [0.717, 1.165) is 25.9 Å². The molecule has 1 aromatic rings. The van der Waals surface area contributed by atoms with Gasteiger partial charge in [0.15, 0.2) is 5.78 Å². The number of hydrogen-bond acceptors (Lipinski definition) is 4. The molecule has 0 radical (unpaired) electrons. The predicted octanol–water partition coefficient (Wildman–Crippen LogP) is 0.575. The first-order valence-corrected chi connectivity index (χ1v) is 7.55. The van der Waals surface area contributed by atoms with Crippen LogP contribution in [0, 0.1) is 5.92 Å².